The third-order valence-corrected chi connectivity index (χ3v) is 3.55. The van der Waals surface area contributed by atoms with Crippen LogP contribution in [-0.4, -0.2) is 4.98 Å². The van der Waals surface area contributed by atoms with Crippen molar-refractivity contribution in [3.8, 4) is 0 Å². The van der Waals surface area contributed by atoms with Crippen molar-refractivity contribution in [3.63, 3.8) is 0 Å². The van der Waals surface area contributed by atoms with Gasteiger partial charge in [-0.1, -0.05) is 31.5 Å². The molecule has 1 nitrogen and oxygen atoms in total. The number of nitrogens with zero attached hydrogens (tertiary/aromatic N) is 1. The minimum absolute atomic E-state index is 0.858. The second kappa shape index (κ2) is 4.42. The fourth-order valence-electron chi connectivity index (χ4n) is 1.98. The Morgan fingerprint density at radius 1 is 1.19 bits per heavy atom. The molecular formula is C14H16ClN. The first-order valence-electron chi connectivity index (χ1n) is 5.75. The molecular weight excluding hydrogens is 218 g/mol. The average Bonchev–Trinajstić information content (AvgIpc) is 2.33. The van der Waals surface area contributed by atoms with Gasteiger partial charge in [-0.2, -0.15) is 0 Å². The predicted octanol–water partition coefficient (Wildman–Crippen LogP) is 4.32. The van der Waals surface area contributed by atoms with Gasteiger partial charge < -0.3 is 0 Å². The van der Waals surface area contributed by atoms with Crippen molar-refractivity contribution in [2.45, 2.75) is 33.6 Å². The van der Waals surface area contributed by atoms with Crippen LogP contribution in [0.4, 0.5) is 0 Å². The normalized spacial score (nSPS) is 11.0. The summed E-state index contributed by atoms with van der Waals surface area (Å²) in [5.41, 5.74) is 4.52. The number of hydrogen-bond donors (Lipinski definition) is 0. The maximum absolute atomic E-state index is 6.40. The van der Waals surface area contributed by atoms with Crippen LogP contribution < -0.4 is 0 Å². The standard InChI is InChI=1S/C14H16ClN/c1-4-10-6-7-13-11(8-10)14(15)9(3)12(5-2)16-13/h6-8H,4-5H2,1-3H3. The average molecular weight is 234 g/mol. The zero-order valence-electron chi connectivity index (χ0n) is 9.97. The Labute approximate surface area is 101 Å². The topological polar surface area (TPSA) is 12.9 Å². The third kappa shape index (κ3) is 1.80. The van der Waals surface area contributed by atoms with Crippen molar-refractivity contribution in [1.29, 1.82) is 0 Å². The van der Waals surface area contributed by atoms with Crippen LogP contribution in [0.2, 0.25) is 5.02 Å². The lowest BCUT2D eigenvalue weighted by Crippen LogP contribution is -1.95. The second-order valence-electron chi connectivity index (χ2n) is 4.06. The number of aromatic nitrogens is 1. The predicted molar refractivity (Wildman–Crippen MR) is 70.2 cm³/mol. The largest absolute Gasteiger partial charge is 0.252 e. The molecule has 2 rings (SSSR count). The number of rotatable bonds is 2. The summed E-state index contributed by atoms with van der Waals surface area (Å²) in [6, 6.07) is 6.34. The van der Waals surface area contributed by atoms with Gasteiger partial charge in [0, 0.05) is 11.1 Å². The molecule has 0 aliphatic heterocycles. The second-order valence-corrected chi connectivity index (χ2v) is 4.43. The molecule has 0 amide bonds. The molecule has 0 aliphatic rings. The number of halogens is 1. The smallest absolute Gasteiger partial charge is 0.0720 e. The quantitative estimate of drug-likeness (QED) is 0.753. The lowest BCUT2D eigenvalue weighted by molar-refractivity contribution is 1.03. The molecule has 1 heterocycles. The number of pyridine rings is 1. The molecule has 0 spiro atoms. The maximum Gasteiger partial charge on any atom is 0.0720 e. The van der Waals surface area contributed by atoms with Crippen LogP contribution in [0.1, 0.15) is 30.7 Å². The Hall–Kier alpha value is -1.08. The molecule has 16 heavy (non-hydrogen) atoms. The lowest BCUT2D eigenvalue weighted by Gasteiger charge is -2.09. The molecule has 0 bridgehead atoms. The van der Waals surface area contributed by atoms with Crippen LogP contribution >= 0.6 is 11.6 Å². The van der Waals surface area contributed by atoms with E-state index in [-0.39, 0.29) is 0 Å². The van der Waals surface area contributed by atoms with Crippen LogP contribution in [0.3, 0.4) is 0 Å². The van der Waals surface area contributed by atoms with Crippen LogP contribution in [0, 0.1) is 6.92 Å². The van der Waals surface area contributed by atoms with E-state index < -0.39 is 0 Å². The SMILES string of the molecule is CCc1ccc2nc(CC)c(C)c(Cl)c2c1. The highest BCUT2D eigenvalue weighted by atomic mass is 35.5. The zero-order chi connectivity index (χ0) is 11.7. The molecule has 2 aromatic rings. The van der Waals surface area contributed by atoms with E-state index in [2.05, 4.69) is 37.0 Å². The van der Waals surface area contributed by atoms with Crippen molar-refractivity contribution in [1.82, 2.24) is 4.98 Å². The Balaban J connectivity index is 2.77. The number of hydrogen-bond acceptors (Lipinski definition) is 1. The first kappa shape index (κ1) is 11.4. The molecule has 0 saturated heterocycles. The summed E-state index contributed by atoms with van der Waals surface area (Å²) in [7, 11) is 0. The van der Waals surface area contributed by atoms with E-state index in [4.69, 9.17) is 11.6 Å². The summed E-state index contributed by atoms with van der Waals surface area (Å²) in [6.07, 6.45) is 1.96. The van der Waals surface area contributed by atoms with Crippen LogP contribution in [0.15, 0.2) is 18.2 Å². The highest BCUT2D eigenvalue weighted by Gasteiger charge is 2.09. The van der Waals surface area contributed by atoms with Gasteiger partial charge in [-0.05, 0) is 43.0 Å². The van der Waals surface area contributed by atoms with Gasteiger partial charge in [0.15, 0.2) is 0 Å². The molecule has 0 saturated carbocycles. The van der Waals surface area contributed by atoms with Gasteiger partial charge in [0.05, 0.1) is 10.5 Å². The van der Waals surface area contributed by atoms with Crippen molar-refractivity contribution in [3.05, 3.63) is 40.0 Å². The van der Waals surface area contributed by atoms with E-state index in [1.807, 2.05) is 6.92 Å². The van der Waals surface area contributed by atoms with Crippen LogP contribution in [-0.2, 0) is 12.8 Å². The maximum atomic E-state index is 6.40. The van der Waals surface area contributed by atoms with Gasteiger partial charge in [0.25, 0.3) is 0 Å². The molecule has 84 valence electrons. The molecule has 1 aromatic carbocycles. The minimum atomic E-state index is 0.858. The van der Waals surface area contributed by atoms with Crippen LogP contribution in [0.25, 0.3) is 10.9 Å². The van der Waals surface area contributed by atoms with Gasteiger partial charge >= 0.3 is 0 Å². The summed E-state index contributed by atoms with van der Waals surface area (Å²) in [5, 5.41) is 1.94. The van der Waals surface area contributed by atoms with Crippen molar-refractivity contribution < 1.29 is 0 Å². The van der Waals surface area contributed by atoms with Gasteiger partial charge in [-0.25, -0.2) is 0 Å². The van der Waals surface area contributed by atoms with Crippen molar-refractivity contribution in [2.24, 2.45) is 0 Å². The Morgan fingerprint density at radius 2 is 1.94 bits per heavy atom. The minimum Gasteiger partial charge on any atom is -0.252 e. The summed E-state index contributed by atoms with van der Waals surface area (Å²) in [6.45, 7) is 6.31. The fourth-order valence-corrected chi connectivity index (χ4v) is 2.24. The molecule has 0 aliphatic carbocycles. The summed E-state index contributed by atoms with van der Waals surface area (Å²) in [4.78, 5) is 4.65. The van der Waals surface area contributed by atoms with E-state index in [1.54, 1.807) is 0 Å². The Bertz CT molecular complexity index is 532. The number of benzene rings is 1. The summed E-state index contributed by atoms with van der Waals surface area (Å²) < 4.78 is 0. The lowest BCUT2D eigenvalue weighted by atomic mass is 10.1. The zero-order valence-corrected chi connectivity index (χ0v) is 10.7. The molecule has 0 atom stereocenters. The highest BCUT2D eigenvalue weighted by Crippen LogP contribution is 2.28. The van der Waals surface area contributed by atoms with E-state index >= 15 is 0 Å². The van der Waals surface area contributed by atoms with E-state index in [9.17, 15) is 0 Å². The molecule has 0 N–H and O–H groups in total. The first-order chi connectivity index (χ1) is 7.67. The van der Waals surface area contributed by atoms with E-state index in [1.165, 1.54) is 5.56 Å². The number of aryl methyl sites for hydroxylation is 2. The Kier molecular flexibility index (Phi) is 3.15. The van der Waals surface area contributed by atoms with E-state index in [0.717, 1.165) is 40.0 Å². The van der Waals surface area contributed by atoms with Crippen molar-refractivity contribution in [2.75, 3.05) is 0 Å². The molecule has 0 unspecified atom stereocenters. The van der Waals surface area contributed by atoms with Gasteiger partial charge in [0.1, 0.15) is 0 Å². The summed E-state index contributed by atoms with van der Waals surface area (Å²) >= 11 is 6.40. The summed E-state index contributed by atoms with van der Waals surface area (Å²) in [5.74, 6) is 0. The molecule has 0 radical (unpaired) electrons. The molecule has 1 aromatic heterocycles. The van der Waals surface area contributed by atoms with Gasteiger partial charge in [-0.3, -0.25) is 4.98 Å². The molecule has 0 fully saturated rings. The van der Waals surface area contributed by atoms with Gasteiger partial charge in [-0.15, -0.1) is 0 Å². The Morgan fingerprint density at radius 3 is 2.56 bits per heavy atom. The van der Waals surface area contributed by atoms with Crippen molar-refractivity contribution >= 4 is 22.5 Å². The first-order valence-corrected chi connectivity index (χ1v) is 6.12. The van der Waals surface area contributed by atoms with Crippen LogP contribution in [0.5, 0.6) is 0 Å². The monoisotopic (exact) mass is 233 g/mol. The third-order valence-electron chi connectivity index (χ3n) is 3.06. The number of fused-ring (bicyclic) bond motifs is 1. The van der Waals surface area contributed by atoms with E-state index in [0.29, 0.717) is 0 Å². The fraction of sp³-hybridized carbons (Fsp3) is 0.357. The van der Waals surface area contributed by atoms with Gasteiger partial charge in [0.2, 0.25) is 0 Å². The highest BCUT2D eigenvalue weighted by molar-refractivity contribution is 6.36. The molecule has 2 heteroatoms.